The highest BCUT2D eigenvalue weighted by molar-refractivity contribution is 5.07. The predicted molar refractivity (Wildman–Crippen MR) is 51.7 cm³/mol. The standard InChI is InChI=1S/C10H16N2O/c1-5-8-9(6-2)12(4)7(3)10(13)11-8/h5-6H2,1-4H3/p+1. The fourth-order valence-electron chi connectivity index (χ4n) is 1.60. The first-order valence-corrected chi connectivity index (χ1v) is 4.72. The summed E-state index contributed by atoms with van der Waals surface area (Å²) in [6.07, 6.45) is 1.84. The molecule has 0 aliphatic carbocycles. The van der Waals surface area contributed by atoms with Crippen LogP contribution in [0.25, 0.3) is 0 Å². The third-order valence-corrected chi connectivity index (χ3v) is 2.54. The highest BCUT2D eigenvalue weighted by Crippen LogP contribution is 2.00. The van der Waals surface area contributed by atoms with Gasteiger partial charge in [-0.3, -0.25) is 4.79 Å². The van der Waals surface area contributed by atoms with Crippen molar-refractivity contribution in [3.8, 4) is 0 Å². The molecule has 0 radical (unpaired) electrons. The largest absolute Gasteiger partial charge is 0.315 e. The van der Waals surface area contributed by atoms with Crippen LogP contribution >= 0.6 is 0 Å². The van der Waals surface area contributed by atoms with Gasteiger partial charge in [-0.2, -0.15) is 4.57 Å². The van der Waals surface area contributed by atoms with E-state index in [0.717, 1.165) is 24.2 Å². The SMILES string of the molecule is CCc1[nH]c(=O)c(C)[n+](C)c1CC. The van der Waals surface area contributed by atoms with Gasteiger partial charge in [-0.05, 0) is 6.42 Å². The molecule has 0 aliphatic heterocycles. The lowest BCUT2D eigenvalue weighted by atomic mass is 10.2. The van der Waals surface area contributed by atoms with E-state index in [9.17, 15) is 4.79 Å². The number of H-pyrrole nitrogens is 1. The van der Waals surface area contributed by atoms with Crippen molar-refractivity contribution in [1.82, 2.24) is 4.98 Å². The van der Waals surface area contributed by atoms with Gasteiger partial charge in [0.1, 0.15) is 7.05 Å². The Kier molecular flexibility index (Phi) is 2.86. The van der Waals surface area contributed by atoms with Gasteiger partial charge < -0.3 is 4.98 Å². The van der Waals surface area contributed by atoms with Gasteiger partial charge in [0.2, 0.25) is 11.4 Å². The van der Waals surface area contributed by atoms with Crippen molar-refractivity contribution < 1.29 is 4.57 Å². The molecule has 72 valence electrons. The van der Waals surface area contributed by atoms with E-state index in [1.54, 1.807) is 0 Å². The fourth-order valence-corrected chi connectivity index (χ4v) is 1.60. The van der Waals surface area contributed by atoms with Crippen LogP contribution < -0.4 is 10.1 Å². The number of aryl methyl sites for hydroxylation is 1. The van der Waals surface area contributed by atoms with Crippen LogP contribution in [0.1, 0.15) is 30.9 Å². The molecule has 0 unspecified atom stereocenters. The van der Waals surface area contributed by atoms with Gasteiger partial charge in [-0.1, -0.05) is 13.8 Å². The van der Waals surface area contributed by atoms with Crippen molar-refractivity contribution >= 4 is 0 Å². The second-order valence-electron chi connectivity index (χ2n) is 3.23. The van der Waals surface area contributed by atoms with Crippen LogP contribution in [0.3, 0.4) is 0 Å². The first kappa shape index (κ1) is 9.96. The van der Waals surface area contributed by atoms with Crippen LogP contribution in [0.5, 0.6) is 0 Å². The third kappa shape index (κ3) is 1.64. The molecule has 0 amide bonds. The predicted octanol–water partition coefficient (Wildman–Crippen LogP) is 0.633. The first-order valence-electron chi connectivity index (χ1n) is 4.72. The Balaban J connectivity index is 3.48. The lowest BCUT2D eigenvalue weighted by molar-refractivity contribution is -0.686. The molecular formula is C10H17N2O+. The van der Waals surface area contributed by atoms with Crippen molar-refractivity contribution in [2.24, 2.45) is 7.05 Å². The van der Waals surface area contributed by atoms with E-state index in [0.29, 0.717) is 0 Å². The van der Waals surface area contributed by atoms with Gasteiger partial charge in [0.25, 0.3) is 0 Å². The number of rotatable bonds is 2. The molecule has 0 spiro atoms. The van der Waals surface area contributed by atoms with Crippen molar-refractivity contribution in [2.75, 3.05) is 0 Å². The van der Waals surface area contributed by atoms with E-state index in [2.05, 4.69) is 18.8 Å². The third-order valence-electron chi connectivity index (χ3n) is 2.54. The molecule has 0 atom stereocenters. The van der Waals surface area contributed by atoms with E-state index in [4.69, 9.17) is 0 Å². The summed E-state index contributed by atoms with van der Waals surface area (Å²) < 4.78 is 1.98. The summed E-state index contributed by atoms with van der Waals surface area (Å²) in [6, 6.07) is 0. The minimum Gasteiger partial charge on any atom is -0.315 e. The number of hydrogen-bond acceptors (Lipinski definition) is 1. The summed E-state index contributed by atoms with van der Waals surface area (Å²) in [5, 5.41) is 0. The topological polar surface area (TPSA) is 36.7 Å². The quantitative estimate of drug-likeness (QED) is 0.668. The summed E-state index contributed by atoms with van der Waals surface area (Å²) in [5.74, 6) is 0. The zero-order valence-corrected chi connectivity index (χ0v) is 8.77. The van der Waals surface area contributed by atoms with Gasteiger partial charge in [-0.15, -0.1) is 0 Å². The molecule has 0 fully saturated rings. The van der Waals surface area contributed by atoms with Crippen LogP contribution in [-0.4, -0.2) is 4.98 Å². The molecule has 0 aliphatic rings. The van der Waals surface area contributed by atoms with Crippen molar-refractivity contribution in [3.05, 3.63) is 27.4 Å². The zero-order valence-electron chi connectivity index (χ0n) is 8.77. The Morgan fingerprint density at radius 1 is 1.31 bits per heavy atom. The molecule has 3 nitrogen and oxygen atoms in total. The molecular weight excluding hydrogens is 164 g/mol. The molecule has 0 aromatic carbocycles. The summed E-state index contributed by atoms with van der Waals surface area (Å²) in [7, 11) is 1.95. The minimum absolute atomic E-state index is 0.0246. The van der Waals surface area contributed by atoms with Crippen molar-refractivity contribution in [3.63, 3.8) is 0 Å². The Labute approximate surface area is 78.4 Å². The molecule has 0 saturated heterocycles. The second kappa shape index (κ2) is 3.73. The smallest absolute Gasteiger partial charge is 0.315 e. The average molecular weight is 181 g/mol. The van der Waals surface area contributed by atoms with Crippen molar-refractivity contribution in [1.29, 1.82) is 0 Å². The molecule has 0 bridgehead atoms. The fraction of sp³-hybridized carbons (Fsp3) is 0.600. The van der Waals surface area contributed by atoms with Gasteiger partial charge in [0, 0.05) is 13.3 Å². The highest BCUT2D eigenvalue weighted by Gasteiger charge is 2.16. The lowest BCUT2D eigenvalue weighted by Crippen LogP contribution is -2.44. The summed E-state index contributed by atoms with van der Waals surface area (Å²) in [6.45, 7) is 6.00. The van der Waals surface area contributed by atoms with Gasteiger partial charge in [0.15, 0.2) is 0 Å². The van der Waals surface area contributed by atoms with E-state index in [1.807, 2.05) is 18.5 Å². The minimum atomic E-state index is 0.0246. The Bertz CT molecular complexity index is 366. The number of hydrogen-bond donors (Lipinski definition) is 1. The maximum atomic E-state index is 11.4. The van der Waals surface area contributed by atoms with E-state index >= 15 is 0 Å². The summed E-state index contributed by atoms with van der Waals surface area (Å²) in [5.41, 5.74) is 3.07. The number of nitrogens with one attached hydrogen (secondary N) is 1. The number of aromatic nitrogens is 2. The molecule has 1 aromatic heterocycles. The monoisotopic (exact) mass is 181 g/mol. The number of nitrogens with zero attached hydrogens (tertiary/aromatic N) is 1. The maximum absolute atomic E-state index is 11.4. The summed E-state index contributed by atoms with van der Waals surface area (Å²) in [4.78, 5) is 14.3. The highest BCUT2D eigenvalue weighted by atomic mass is 16.1. The Morgan fingerprint density at radius 2 is 1.92 bits per heavy atom. The van der Waals surface area contributed by atoms with Gasteiger partial charge >= 0.3 is 5.56 Å². The average Bonchev–Trinajstić information content (AvgIpc) is 2.13. The second-order valence-corrected chi connectivity index (χ2v) is 3.23. The number of aromatic amines is 1. The molecule has 3 heteroatoms. The van der Waals surface area contributed by atoms with E-state index in [1.165, 1.54) is 5.69 Å². The lowest BCUT2D eigenvalue weighted by Gasteiger charge is -2.04. The van der Waals surface area contributed by atoms with Crippen LogP contribution in [0, 0.1) is 6.92 Å². The Hall–Kier alpha value is -1.12. The van der Waals surface area contributed by atoms with Gasteiger partial charge in [0.05, 0.1) is 5.69 Å². The normalized spacial score (nSPS) is 10.5. The molecule has 1 N–H and O–H groups in total. The first-order chi connectivity index (χ1) is 6.11. The Morgan fingerprint density at radius 3 is 2.38 bits per heavy atom. The van der Waals surface area contributed by atoms with Gasteiger partial charge in [-0.25, -0.2) is 0 Å². The molecule has 1 heterocycles. The maximum Gasteiger partial charge on any atom is 0.315 e. The molecule has 13 heavy (non-hydrogen) atoms. The van der Waals surface area contributed by atoms with Crippen LogP contribution in [0.15, 0.2) is 4.79 Å². The zero-order chi connectivity index (χ0) is 10.0. The van der Waals surface area contributed by atoms with E-state index < -0.39 is 0 Å². The summed E-state index contributed by atoms with van der Waals surface area (Å²) >= 11 is 0. The van der Waals surface area contributed by atoms with Crippen LogP contribution in [0.4, 0.5) is 0 Å². The van der Waals surface area contributed by atoms with E-state index in [-0.39, 0.29) is 5.56 Å². The molecule has 1 rings (SSSR count). The van der Waals surface area contributed by atoms with Crippen LogP contribution in [0.2, 0.25) is 0 Å². The molecule has 1 aromatic rings. The van der Waals surface area contributed by atoms with Crippen molar-refractivity contribution in [2.45, 2.75) is 33.6 Å². The van der Waals surface area contributed by atoms with Crippen LogP contribution in [-0.2, 0) is 19.9 Å². The molecule has 0 saturated carbocycles.